The number of imidazole rings is 1. The van der Waals surface area contributed by atoms with E-state index in [0.717, 1.165) is 5.56 Å². The highest BCUT2D eigenvalue weighted by atomic mass is 35.5. The van der Waals surface area contributed by atoms with Crippen LogP contribution in [0.2, 0.25) is 5.02 Å². The fourth-order valence-electron chi connectivity index (χ4n) is 1.53. The third-order valence-electron chi connectivity index (χ3n) is 2.46. The van der Waals surface area contributed by atoms with Crippen molar-refractivity contribution in [1.29, 1.82) is 0 Å². The van der Waals surface area contributed by atoms with E-state index in [0.29, 0.717) is 17.3 Å². The molecule has 0 aliphatic rings. The number of nitrogens with two attached hydrogens (primary N) is 1. The minimum absolute atomic E-state index is 0.0700. The van der Waals surface area contributed by atoms with E-state index in [1.54, 1.807) is 42.2 Å². The zero-order valence-corrected chi connectivity index (χ0v) is 9.61. The monoisotopic (exact) mass is 237 g/mol. The summed E-state index contributed by atoms with van der Waals surface area (Å²) in [6.07, 6.45) is 3.44. The van der Waals surface area contributed by atoms with Gasteiger partial charge in [-0.2, -0.15) is 0 Å². The first-order valence-corrected chi connectivity index (χ1v) is 5.21. The molecule has 0 spiro atoms. The van der Waals surface area contributed by atoms with Gasteiger partial charge in [-0.1, -0.05) is 11.6 Å². The van der Waals surface area contributed by atoms with Crippen LogP contribution in [0.1, 0.15) is 5.56 Å². The van der Waals surface area contributed by atoms with Crippen molar-refractivity contribution >= 4 is 17.3 Å². The molecule has 0 bridgehead atoms. The standard InChI is InChI=1S/C11H12ClN3O/c1-14-4-5-15(11(14)16)7-8-6-9(12)2-3-10(8)13/h2-6H,7,13H2,1H3. The fraction of sp³-hybridized carbons (Fsp3) is 0.182. The third kappa shape index (κ3) is 1.97. The van der Waals surface area contributed by atoms with Crippen molar-refractivity contribution in [2.75, 3.05) is 5.73 Å². The predicted molar refractivity (Wildman–Crippen MR) is 64.6 cm³/mol. The van der Waals surface area contributed by atoms with E-state index >= 15 is 0 Å². The Morgan fingerprint density at radius 2 is 2.12 bits per heavy atom. The third-order valence-corrected chi connectivity index (χ3v) is 2.70. The lowest BCUT2D eigenvalue weighted by atomic mass is 10.2. The highest BCUT2D eigenvalue weighted by Crippen LogP contribution is 2.18. The number of nitrogens with zero attached hydrogens (tertiary/aromatic N) is 2. The maximum Gasteiger partial charge on any atom is 0.328 e. The summed E-state index contributed by atoms with van der Waals surface area (Å²) in [6, 6.07) is 5.25. The van der Waals surface area contributed by atoms with Crippen LogP contribution >= 0.6 is 11.6 Å². The first-order chi connectivity index (χ1) is 7.58. The van der Waals surface area contributed by atoms with E-state index in [4.69, 9.17) is 17.3 Å². The van der Waals surface area contributed by atoms with Crippen molar-refractivity contribution in [2.24, 2.45) is 7.05 Å². The van der Waals surface area contributed by atoms with Gasteiger partial charge in [0.25, 0.3) is 0 Å². The number of aromatic nitrogens is 2. The largest absolute Gasteiger partial charge is 0.398 e. The van der Waals surface area contributed by atoms with E-state index in [1.165, 1.54) is 4.57 Å². The number of hydrogen-bond acceptors (Lipinski definition) is 2. The van der Waals surface area contributed by atoms with Crippen molar-refractivity contribution < 1.29 is 0 Å². The predicted octanol–water partition coefficient (Wildman–Crippen LogP) is 1.47. The Morgan fingerprint density at radius 3 is 2.75 bits per heavy atom. The zero-order valence-electron chi connectivity index (χ0n) is 8.85. The van der Waals surface area contributed by atoms with Crippen molar-refractivity contribution in [3.63, 3.8) is 0 Å². The molecule has 4 nitrogen and oxygen atoms in total. The quantitative estimate of drug-likeness (QED) is 0.805. The molecule has 5 heteroatoms. The minimum atomic E-state index is -0.0700. The van der Waals surface area contributed by atoms with Crippen molar-refractivity contribution in [3.8, 4) is 0 Å². The average molecular weight is 238 g/mol. The highest BCUT2D eigenvalue weighted by molar-refractivity contribution is 6.30. The van der Waals surface area contributed by atoms with Crippen LogP contribution in [0.25, 0.3) is 0 Å². The molecule has 0 saturated carbocycles. The van der Waals surface area contributed by atoms with Gasteiger partial charge < -0.3 is 10.3 Å². The number of hydrogen-bond donors (Lipinski definition) is 1. The molecule has 1 heterocycles. The Labute approximate surface area is 97.9 Å². The van der Waals surface area contributed by atoms with E-state index in [9.17, 15) is 4.79 Å². The summed E-state index contributed by atoms with van der Waals surface area (Å²) in [4.78, 5) is 11.6. The van der Waals surface area contributed by atoms with Gasteiger partial charge in [-0.3, -0.25) is 4.57 Å². The smallest absolute Gasteiger partial charge is 0.328 e. The summed E-state index contributed by atoms with van der Waals surface area (Å²) in [6.45, 7) is 0.437. The summed E-state index contributed by atoms with van der Waals surface area (Å²) >= 11 is 5.88. The summed E-state index contributed by atoms with van der Waals surface area (Å²) in [5.74, 6) is 0. The Morgan fingerprint density at radius 1 is 1.38 bits per heavy atom. The Bertz CT molecular complexity index is 571. The fourth-order valence-corrected chi connectivity index (χ4v) is 1.72. The minimum Gasteiger partial charge on any atom is -0.398 e. The second-order valence-corrected chi connectivity index (χ2v) is 4.10. The van der Waals surface area contributed by atoms with Crippen molar-refractivity contribution in [1.82, 2.24) is 9.13 Å². The molecule has 0 radical (unpaired) electrons. The summed E-state index contributed by atoms with van der Waals surface area (Å²) in [5, 5.41) is 0.619. The molecular weight excluding hydrogens is 226 g/mol. The molecule has 1 aromatic carbocycles. The number of anilines is 1. The van der Waals surface area contributed by atoms with Gasteiger partial charge >= 0.3 is 5.69 Å². The molecule has 84 valence electrons. The molecule has 1 aromatic heterocycles. The first-order valence-electron chi connectivity index (χ1n) is 4.83. The number of halogens is 1. The van der Waals surface area contributed by atoms with Crippen LogP contribution in [0, 0.1) is 0 Å². The van der Waals surface area contributed by atoms with Gasteiger partial charge in [0.05, 0.1) is 6.54 Å². The summed E-state index contributed by atoms with van der Waals surface area (Å²) in [7, 11) is 1.71. The number of aryl methyl sites for hydroxylation is 1. The Balaban J connectivity index is 2.37. The van der Waals surface area contributed by atoms with Crippen LogP contribution in [0.15, 0.2) is 35.4 Å². The molecule has 0 fully saturated rings. The molecule has 2 N–H and O–H groups in total. The average Bonchev–Trinajstić information content (AvgIpc) is 2.55. The first kappa shape index (κ1) is 10.8. The summed E-state index contributed by atoms with van der Waals surface area (Å²) in [5.41, 5.74) is 7.23. The second-order valence-electron chi connectivity index (χ2n) is 3.66. The van der Waals surface area contributed by atoms with Crippen molar-refractivity contribution in [2.45, 2.75) is 6.54 Å². The molecular formula is C11H12ClN3O. The van der Waals surface area contributed by atoms with Crippen LogP contribution in [0.5, 0.6) is 0 Å². The van der Waals surface area contributed by atoms with E-state index in [2.05, 4.69) is 0 Å². The van der Waals surface area contributed by atoms with Gasteiger partial charge in [0.2, 0.25) is 0 Å². The van der Waals surface area contributed by atoms with Gasteiger partial charge in [0.15, 0.2) is 0 Å². The Kier molecular flexibility index (Phi) is 2.75. The number of nitrogen functional groups attached to an aromatic ring is 1. The molecule has 0 aliphatic carbocycles. The van der Waals surface area contributed by atoms with Crippen LogP contribution in [-0.4, -0.2) is 9.13 Å². The molecule has 16 heavy (non-hydrogen) atoms. The summed E-state index contributed by atoms with van der Waals surface area (Å²) < 4.78 is 3.10. The molecule has 0 aliphatic heterocycles. The van der Waals surface area contributed by atoms with Gasteiger partial charge in [-0.15, -0.1) is 0 Å². The van der Waals surface area contributed by atoms with Crippen LogP contribution in [-0.2, 0) is 13.6 Å². The Hall–Kier alpha value is -1.68. The number of benzene rings is 1. The topological polar surface area (TPSA) is 52.9 Å². The zero-order chi connectivity index (χ0) is 11.7. The maximum atomic E-state index is 11.6. The van der Waals surface area contributed by atoms with Gasteiger partial charge in [0, 0.05) is 30.2 Å². The SMILES string of the molecule is Cn1ccn(Cc2cc(Cl)ccc2N)c1=O. The van der Waals surface area contributed by atoms with Crippen LogP contribution in [0.3, 0.4) is 0 Å². The highest BCUT2D eigenvalue weighted by Gasteiger charge is 2.04. The van der Waals surface area contributed by atoms with Gasteiger partial charge in [-0.25, -0.2) is 4.79 Å². The van der Waals surface area contributed by atoms with Crippen molar-refractivity contribution in [3.05, 3.63) is 51.7 Å². The lowest BCUT2D eigenvalue weighted by Gasteiger charge is -2.06. The lowest BCUT2D eigenvalue weighted by Crippen LogP contribution is -2.22. The molecule has 0 saturated heterocycles. The van der Waals surface area contributed by atoms with Gasteiger partial charge in [-0.05, 0) is 23.8 Å². The van der Waals surface area contributed by atoms with Gasteiger partial charge in [0.1, 0.15) is 0 Å². The normalized spacial score (nSPS) is 10.6. The second kappa shape index (κ2) is 4.06. The van der Waals surface area contributed by atoms with E-state index < -0.39 is 0 Å². The lowest BCUT2D eigenvalue weighted by molar-refractivity contribution is 0.719. The molecule has 2 rings (SSSR count). The molecule has 0 amide bonds. The number of rotatable bonds is 2. The van der Waals surface area contributed by atoms with E-state index in [-0.39, 0.29) is 5.69 Å². The molecule has 2 aromatic rings. The molecule has 0 atom stereocenters. The van der Waals surface area contributed by atoms with Crippen LogP contribution < -0.4 is 11.4 Å². The van der Waals surface area contributed by atoms with E-state index in [1.807, 2.05) is 0 Å². The maximum absolute atomic E-state index is 11.6. The molecule has 0 unspecified atom stereocenters. The van der Waals surface area contributed by atoms with Crippen LogP contribution in [0.4, 0.5) is 5.69 Å².